The number of aromatic amines is 1. The van der Waals surface area contributed by atoms with Gasteiger partial charge in [-0.3, -0.25) is 9.89 Å². The summed E-state index contributed by atoms with van der Waals surface area (Å²) in [5.41, 5.74) is 1.53. The molecule has 1 aliphatic carbocycles. The molecule has 1 heterocycles. The molecule has 0 spiro atoms. The second kappa shape index (κ2) is 6.17. The highest BCUT2D eigenvalue weighted by atomic mass is 19.1. The van der Waals surface area contributed by atoms with Gasteiger partial charge in [-0.1, -0.05) is 0 Å². The van der Waals surface area contributed by atoms with Gasteiger partial charge < -0.3 is 10.1 Å². The monoisotopic (exact) mass is 303 g/mol. The summed E-state index contributed by atoms with van der Waals surface area (Å²) in [6, 6.07) is 5.63. The molecule has 0 bridgehead atoms. The van der Waals surface area contributed by atoms with Crippen LogP contribution >= 0.6 is 0 Å². The van der Waals surface area contributed by atoms with E-state index >= 15 is 0 Å². The van der Waals surface area contributed by atoms with Crippen LogP contribution in [0, 0.1) is 5.82 Å². The van der Waals surface area contributed by atoms with Crippen molar-refractivity contribution in [2.75, 3.05) is 6.61 Å². The fraction of sp³-hybridized carbons (Fsp3) is 0.375. The van der Waals surface area contributed by atoms with Gasteiger partial charge in [0, 0.05) is 5.92 Å². The fourth-order valence-electron chi connectivity index (χ4n) is 2.26. The molecule has 6 heteroatoms. The van der Waals surface area contributed by atoms with Crippen LogP contribution in [0.5, 0.6) is 5.75 Å². The van der Waals surface area contributed by atoms with E-state index in [2.05, 4.69) is 15.5 Å². The molecular formula is C16H18FN3O2. The molecule has 5 nitrogen and oxygen atoms in total. The number of amides is 1. The van der Waals surface area contributed by atoms with Crippen molar-refractivity contribution >= 4 is 5.91 Å². The van der Waals surface area contributed by atoms with Crippen molar-refractivity contribution in [3.63, 3.8) is 0 Å². The Kier molecular flexibility index (Phi) is 4.09. The van der Waals surface area contributed by atoms with Gasteiger partial charge in [0.25, 0.3) is 5.91 Å². The minimum Gasteiger partial charge on any atom is -0.491 e. The number of carbonyl (C=O) groups is 1. The van der Waals surface area contributed by atoms with Crippen LogP contribution < -0.4 is 10.1 Å². The predicted molar refractivity (Wildman–Crippen MR) is 79.4 cm³/mol. The fourth-order valence-corrected chi connectivity index (χ4v) is 2.26. The second-order valence-electron chi connectivity index (χ2n) is 5.61. The van der Waals surface area contributed by atoms with Crippen molar-refractivity contribution in [2.24, 2.45) is 0 Å². The lowest BCUT2D eigenvalue weighted by molar-refractivity contribution is 0.0925. The van der Waals surface area contributed by atoms with Gasteiger partial charge in [-0.2, -0.15) is 5.10 Å². The van der Waals surface area contributed by atoms with Crippen LogP contribution in [0.4, 0.5) is 4.39 Å². The lowest BCUT2D eigenvalue weighted by Gasteiger charge is -2.15. The molecule has 1 aromatic heterocycles. The SMILES string of the molecule is C[C@H](COc1ccc(F)cc1)NC(=O)c1cn[nH]c1C1CC1. The standard InChI is InChI=1S/C16H18FN3O2/c1-10(9-22-13-6-4-12(17)5-7-13)19-16(21)14-8-18-20-15(14)11-2-3-11/h4-8,10-11H,2-3,9H2,1H3,(H,18,20)(H,19,21)/t10-/m1/s1. The zero-order chi connectivity index (χ0) is 15.5. The summed E-state index contributed by atoms with van der Waals surface area (Å²) in [5.74, 6) is 0.561. The van der Waals surface area contributed by atoms with Crippen molar-refractivity contribution in [3.05, 3.63) is 47.5 Å². The number of nitrogens with zero attached hydrogens (tertiary/aromatic N) is 1. The first kappa shape index (κ1) is 14.6. The number of hydrogen-bond acceptors (Lipinski definition) is 3. The van der Waals surface area contributed by atoms with Crippen molar-refractivity contribution < 1.29 is 13.9 Å². The molecule has 22 heavy (non-hydrogen) atoms. The van der Waals surface area contributed by atoms with Gasteiger partial charge in [0.15, 0.2) is 0 Å². The van der Waals surface area contributed by atoms with E-state index in [4.69, 9.17) is 4.74 Å². The van der Waals surface area contributed by atoms with E-state index in [-0.39, 0.29) is 17.8 Å². The average molecular weight is 303 g/mol. The summed E-state index contributed by atoms with van der Waals surface area (Å²) in [7, 11) is 0. The smallest absolute Gasteiger partial charge is 0.255 e. The maximum Gasteiger partial charge on any atom is 0.255 e. The number of nitrogens with one attached hydrogen (secondary N) is 2. The quantitative estimate of drug-likeness (QED) is 0.862. The molecule has 0 unspecified atom stereocenters. The topological polar surface area (TPSA) is 67.0 Å². The number of H-pyrrole nitrogens is 1. The third kappa shape index (κ3) is 3.44. The minimum absolute atomic E-state index is 0.147. The molecule has 1 amide bonds. The molecule has 2 aromatic rings. The number of ether oxygens (including phenoxy) is 1. The van der Waals surface area contributed by atoms with E-state index in [1.165, 1.54) is 12.1 Å². The van der Waals surface area contributed by atoms with Crippen LogP contribution in [0.15, 0.2) is 30.5 Å². The van der Waals surface area contributed by atoms with Crippen LogP contribution in [-0.4, -0.2) is 28.8 Å². The number of rotatable bonds is 6. The number of carbonyl (C=O) groups excluding carboxylic acids is 1. The van der Waals surface area contributed by atoms with E-state index in [1.807, 2.05) is 6.92 Å². The molecule has 1 aliphatic rings. The zero-order valence-corrected chi connectivity index (χ0v) is 12.3. The Bertz CT molecular complexity index is 650. The van der Waals surface area contributed by atoms with Gasteiger partial charge in [0.05, 0.1) is 23.5 Å². The van der Waals surface area contributed by atoms with E-state index < -0.39 is 0 Å². The summed E-state index contributed by atoms with van der Waals surface area (Å²) in [4.78, 5) is 12.2. The van der Waals surface area contributed by atoms with Crippen LogP contribution in [0.2, 0.25) is 0 Å². The Morgan fingerprint density at radius 2 is 2.18 bits per heavy atom. The molecular weight excluding hydrogens is 285 g/mol. The number of halogens is 1. The highest BCUT2D eigenvalue weighted by molar-refractivity contribution is 5.95. The normalized spacial score (nSPS) is 15.4. The first-order valence-electron chi connectivity index (χ1n) is 7.36. The summed E-state index contributed by atoms with van der Waals surface area (Å²) in [6.07, 6.45) is 3.77. The number of benzene rings is 1. The Morgan fingerprint density at radius 1 is 1.45 bits per heavy atom. The summed E-state index contributed by atoms with van der Waals surface area (Å²) < 4.78 is 18.3. The van der Waals surface area contributed by atoms with E-state index in [9.17, 15) is 9.18 Å². The molecule has 116 valence electrons. The highest BCUT2D eigenvalue weighted by Crippen LogP contribution is 2.40. The van der Waals surface area contributed by atoms with Gasteiger partial charge in [-0.05, 0) is 44.0 Å². The third-order valence-corrected chi connectivity index (χ3v) is 3.59. The largest absolute Gasteiger partial charge is 0.491 e. The Hall–Kier alpha value is -2.37. The zero-order valence-electron chi connectivity index (χ0n) is 12.3. The summed E-state index contributed by atoms with van der Waals surface area (Å²) >= 11 is 0. The Balaban J connectivity index is 1.52. The first-order chi connectivity index (χ1) is 10.6. The summed E-state index contributed by atoms with van der Waals surface area (Å²) in [6.45, 7) is 2.17. The molecule has 0 aliphatic heterocycles. The third-order valence-electron chi connectivity index (χ3n) is 3.59. The molecule has 0 saturated heterocycles. The molecule has 3 rings (SSSR count). The number of aromatic nitrogens is 2. The van der Waals surface area contributed by atoms with Crippen molar-refractivity contribution in [1.82, 2.24) is 15.5 Å². The van der Waals surface area contributed by atoms with Crippen LogP contribution in [0.25, 0.3) is 0 Å². The average Bonchev–Trinajstić information content (AvgIpc) is 3.23. The van der Waals surface area contributed by atoms with Gasteiger partial charge in [-0.15, -0.1) is 0 Å². The molecule has 1 saturated carbocycles. The van der Waals surface area contributed by atoms with Crippen molar-refractivity contribution in [3.8, 4) is 5.75 Å². The van der Waals surface area contributed by atoms with Gasteiger partial charge in [0.1, 0.15) is 18.2 Å². The van der Waals surface area contributed by atoms with E-state index in [0.717, 1.165) is 18.5 Å². The molecule has 1 fully saturated rings. The molecule has 2 N–H and O–H groups in total. The van der Waals surface area contributed by atoms with Crippen molar-refractivity contribution in [1.29, 1.82) is 0 Å². The molecule has 1 aromatic carbocycles. The molecule has 0 radical (unpaired) electrons. The number of hydrogen-bond donors (Lipinski definition) is 2. The maximum atomic E-state index is 12.8. The van der Waals surface area contributed by atoms with Crippen molar-refractivity contribution in [2.45, 2.75) is 31.7 Å². The Labute approximate surface area is 127 Å². The lowest BCUT2D eigenvalue weighted by atomic mass is 10.1. The lowest BCUT2D eigenvalue weighted by Crippen LogP contribution is -2.37. The summed E-state index contributed by atoms with van der Waals surface area (Å²) in [5, 5.41) is 9.76. The van der Waals surface area contributed by atoms with Crippen LogP contribution in [0.3, 0.4) is 0 Å². The Morgan fingerprint density at radius 3 is 2.86 bits per heavy atom. The second-order valence-corrected chi connectivity index (χ2v) is 5.61. The van der Waals surface area contributed by atoms with Gasteiger partial charge >= 0.3 is 0 Å². The first-order valence-corrected chi connectivity index (χ1v) is 7.36. The van der Waals surface area contributed by atoms with Crippen LogP contribution in [-0.2, 0) is 0 Å². The van der Waals surface area contributed by atoms with Gasteiger partial charge in [0.2, 0.25) is 0 Å². The van der Waals surface area contributed by atoms with E-state index in [1.54, 1.807) is 18.3 Å². The highest BCUT2D eigenvalue weighted by Gasteiger charge is 2.30. The maximum absolute atomic E-state index is 12.8. The predicted octanol–water partition coefficient (Wildman–Crippen LogP) is 2.62. The van der Waals surface area contributed by atoms with Gasteiger partial charge in [-0.25, -0.2) is 4.39 Å². The molecule has 1 atom stereocenters. The van der Waals surface area contributed by atoms with E-state index in [0.29, 0.717) is 23.8 Å². The van der Waals surface area contributed by atoms with Crippen LogP contribution in [0.1, 0.15) is 41.7 Å². The minimum atomic E-state index is -0.304.